The van der Waals surface area contributed by atoms with E-state index in [9.17, 15) is 9.59 Å². The molecule has 2 saturated carbocycles. The molecule has 0 N–H and O–H groups in total. The van der Waals surface area contributed by atoms with E-state index >= 15 is 0 Å². The largest absolute Gasteiger partial charge is 0.381 e. The standard InChI is InChI=1S/C22H38N2O4/c1-15-13-23(21(25)17-5-9-19(27-3)10-6-17)14-16(2)24(15)22(26)18-7-11-20(28-4)12-8-18/h15-20H,5-14H2,1-4H3/t15-,16-,17?,18?,19?,20?/m1/s1. The van der Waals surface area contributed by atoms with Gasteiger partial charge in [-0.1, -0.05) is 0 Å². The lowest BCUT2D eigenvalue weighted by Crippen LogP contribution is -2.61. The molecular formula is C22H38N2O4. The fraction of sp³-hybridized carbons (Fsp3) is 0.909. The average molecular weight is 395 g/mol. The van der Waals surface area contributed by atoms with Crippen LogP contribution in [-0.4, -0.2) is 73.2 Å². The summed E-state index contributed by atoms with van der Waals surface area (Å²) in [7, 11) is 3.52. The van der Waals surface area contributed by atoms with Crippen LogP contribution in [0.2, 0.25) is 0 Å². The minimum atomic E-state index is 0.0793. The summed E-state index contributed by atoms with van der Waals surface area (Å²) in [5, 5.41) is 0. The SMILES string of the molecule is COC1CCC(C(=O)N2C[C@@H](C)N(C(=O)C3CCC(OC)CC3)[C@H](C)C2)CC1. The highest BCUT2D eigenvalue weighted by atomic mass is 16.5. The van der Waals surface area contributed by atoms with Crippen molar-refractivity contribution in [3.8, 4) is 0 Å². The zero-order valence-corrected chi connectivity index (χ0v) is 18.1. The summed E-state index contributed by atoms with van der Waals surface area (Å²) in [5.74, 6) is 0.795. The van der Waals surface area contributed by atoms with E-state index in [0.717, 1.165) is 51.4 Å². The van der Waals surface area contributed by atoms with E-state index in [-0.39, 0.29) is 35.7 Å². The Morgan fingerprint density at radius 3 is 1.46 bits per heavy atom. The molecule has 0 aromatic carbocycles. The maximum absolute atomic E-state index is 13.2. The second-order valence-electron chi connectivity index (χ2n) is 9.11. The van der Waals surface area contributed by atoms with Gasteiger partial charge in [-0.3, -0.25) is 9.59 Å². The Hall–Kier alpha value is -1.14. The van der Waals surface area contributed by atoms with Gasteiger partial charge in [0.25, 0.3) is 0 Å². The van der Waals surface area contributed by atoms with Crippen molar-refractivity contribution in [3.63, 3.8) is 0 Å². The molecular weight excluding hydrogens is 356 g/mol. The molecule has 1 aliphatic heterocycles. The van der Waals surface area contributed by atoms with E-state index in [0.29, 0.717) is 25.3 Å². The number of ether oxygens (including phenoxy) is 2. The van der Waals surface area contributed by atoms with Crippen LogP contribution in [-0.2, 0) is 19.1 Å². The van der Waals surface area contributed by atoms with Crippen LogP contribution >= 0.6 is 0 Å². The van der Waals surface area contributed by atoms with Gasteiger partial charge in [-0.2, -0.15) is 0 Å². The molecule has 6 nitrogen and oxygen atoms in total. The Labute approximate surface area is 169 Å². The smallest absolute Gasteiger partial charge is 0.226 e. The van der Waals surface area contributed by atoms with Crippen molar-refractivity contribution in [3.05, 3.63) is 0 Å². The van der Waals surface area contributed by atoms with Gasteiger partial charge in [0.05, 0.1) is 12.2 Å². The predicted molar refractivity (Wildman–Crippen MR) is 108 cm³/mol. The van der Waals surface area contributed by atoms with Crippen LogP contribution in [0.4, 0.5) is 0 Å². The quantitative estimate of drug-likeness (QED) is 0.736. The van der Waals surface area contributed by atoms with Gasteiger partial charge < -0.3 is 19.3 Å². The first-order valence-corrected chi connectivity index (χ1v) is 11.1. The molecule has 0 aromatic heterocycles. The van der Waals surface area contributed by atoms with Gasteiger partial charge >= 0.3 is 0 Å². The fourth-order valence-corrected chi connectivity index (χ4v) is 5.50. The van der Waals surface area contributed by atoms with Crippen molar-refractivity contribution in [1.29, 1.82) is 0 Å². The van der Waals surface area contributed by atoms with Crippen LogP contribution in [0.25, 0.3) is 0 Å². The summed E-state index contributed by atoms with van der Waals surface area (Å²) in [4.78, 5) is 30.3. The molecule has 2 amide bonds. The first kappa shape index (κ1) is 21.6. The number of carbonyl (C=O) groups excluding carboxylic acids is 2. The summed E-state index contributed by atoms with van der Waals surface area (Å²) < 4.78 is 10.9. The summed E-state index contributed by atoms with van der Waals surface area (Å²) in [6.07, 6.45) is 8.17. The van der Waals surface area contributed by atoms with E-state index in [1.807, 2.05) is 4.90 Å². The van der Waals surface area contributed by atoms with E-state index in [1.165, 1.54) is 0 Å². The Bertz CT molecular complexity index is 527. The summed E-state index contributed by atoms with van der Waals surface area (Å²) >= 11 is 0. The average Bonchev–Trinajstić information content (AvgIpc) is 2.72. The van der Waals surface area contributed by atoms with Crippen LogP contribution in [0.15, 0.2) is 0 Å². The molecule has 0 unspecified atom stereocenters. The first-order valence-electron chi connectivity index (χ1n) is 11.1. The number of rotatable bonds is 4. The van der Waals surface area contributed by atoms with E-state index in [4.69, 9.17) is 9.47 Å². The van der Waals surface area contributed by atoms with Crippen molar-refractivity contribution < 1.29 is 19.1 Å². The zero-order chi connectivity index (χ0) is 20.3. The summed E-state index contributed by atoms with van der Waals surface area (Å²) in [5.41, 5.74) is 0. The molecule has 1 heterocycles. The van der Waals surface area contributed by atoms with Gasteiger partial charge in [0.2, 0.25) is 11.8 Å². The molecule has 2 atom stereocenters. The van der Waals surface area contributed by atoms with Crippen molar-refractivity contribution in [2.24, 2.45) is 11.8 Å². The molecule has 2 aliphatic carbocycles. The fourth-order valence-electron chi connectivity index (χ4n) is 5.50. The van der Waals surface area contributed by atoms with E-state index < -0.39 is 0 Å². The Kier molecular flexibility index (Phi) is 7.37. The van der Waals surface area contributed by atoms with Gasteiger partial charge in [-0.25, -0.2) is 0 Å². The molecule has 3 fully saturated rings. The number of piperazine rings is 1. The van der Waals surface area contributed by atoms with Gasteiger partial charge in [0.1, 0.15) is 0 Å². The van der Waals surface area contributed by atoms with Crippen LogP contribution in [0.1, 0.15) is 65.2 Å². The normalized spacial score (nSPS) is 37.0. The summed E-state index contributed by atoms with van der Waals surface area (Å²) in [6, 6.07) is 0.159. The van der Waals surface area contributed by atoms with Gasteiger partial charge in [-0.15, -0.1) is 0 Å². The number of hydrogen-bond donors (Lipinski definition) is 0. The molecule has 3 aliphatic rings. The zero-order valence-electron chi connectivity index (χ0n) is 18.1. The van der Waals surface area contributed by atoms with Crippen molar-refractivity contribution in [2.75, 3.05) is 27.3 Å². The molecule has 28 heavy (non-hydrogen) atoms. The summed E-state index contributed by atoms with van der Waals surface area (Å²) in [6.45, 7) is 5.51. The second kappa shape index (κ2) is 9.57. The van der Waals surface area contributed by atoms with Gasteiger partial charge in [-0.05, 0) is 65.2 Å². The molecule has 1 saturated heterocycles. The van der Waals surface area contributed by atoms with Crippen LogP contribution in [0.3, 0.4) is 0 Å². The third-order valence-corrected chi connectivity index (χ3v) is 7.20. The highest BCUT2D eigenvalue weighted by Gasteiger charge is 2.40. The molecule has 0 radical (unpaired) electrons. The maximum Gasteiger partial charge on any atom is 0.226 e. The Morgan fingerprint density at radius 1 is 0.679 bits per heavy atom. The predicted octanol–water partition coefficient (Wildman–Crippen LogP) is 2.84. The molecule has 0 aromatic rings. The van der Waals surface area contributed by atoms with Gasteiger partial charge in [0.15, 0.2) is 0 Å². The maximum atomic E-state index is 13.2. The molecule has 160 valence electrons. The second-order valence-corrected chi connectivity index (χ2v) is 9.11. The van der Waals surface area contributed by atoms with Crippen LogP contribution in [0.5, 0.6) is 0 Å². The number of hydrogen-bond acceptors (Lipinski definition) is 4. The van der Waals surface area contributed by atoms with Crippen molar-refractivity contribution in [1.82, 2.24) is 9.80 Å². The third kappa shape index (κ3) is 4.70. The molecule has 6 heteroatoms. The lowest BCUT2D eigenvalue weighted by atomic mass is 9.85. The van der Waals surface area contributed by atoms with Crippen molar-refractivity contribution in [2.45, 2.75) is 89.5 Å². The third-order valence-electron chi connectivity index (χ3n) is 7.20. The Balaban J connectivity index is 1.55. The number of methoxy groups -OCH3 is 2. The lowest BCUT2D eigenvalue weighted by Gasteiger charge is -2.47. The van der Waals surface area contributed by atoms with Crippen molar-refractivity contribution >= 4 is 11.8 Å². The van der Waals surface area contributed by atoms with Gasteiger partial charge in [0, 0.05) is 51.2 Å². The minimum absolute atomic E-state index is 0.0793. The minimum Gasteiger partial charge on any atom is -0.381 e. The first-order chi connectivity index (χ1) is 13.4. The van der Waals surface area contributed by atoms with Crippen LogP contribution < -0.4 is 0 Å². The van der Waals surface area contributed by atoms with Crippen LogP contribution in [0, 0.1) is 11.8 Å². The Morgan fingerprint density at radius 2 is 1.07 bits per heavy atom. The van der Waals surface area contributed by atoms with E-state index in [2.05, 4.69) is 18.7 Å². The number of nitrogens with zero attached hydrogens (tertiary/aromatic N) is 2. The highest BCUT2D eigenvalue weighted by molar-refractivity contribution is 5.82. The number of carbonyl (C=O) groups is 2. The number of amides is 2. The topological polar surface area (TPSA) is 59.1 Å². The molecule has 0 spiro atoms. The monoisotopic (exact) mass is 394 g/mol. The molecule has 3 rings (SSSR count). The van der Waals surface area contributed by atoms with E-state index in [1.54, 1.807) is 14.2 Å². The molecule has 0 bridgehead atoms. The lowest BCUT2D eigenvalue weighted by molar-refractivity contribution is -0.152. The highest BCUT2D eigenvalue weighted by Crippen LogP contribution is 2.32.